The van der Waals surface area contributed by atoms with Gasteiger partial charge >= 0.3 is 0 Å². The molecule has 0 saturated heterocycles. The minimum absolute atomic E-state index is 0.185. The Morgan fingerprint density at radius 3 is 2.75 bits per heavy atom. The molecular formula is C15H10F2N2O. The Bertz CT molecular complexity index is 693. The van der Waals surface area contributed by atoms with E-state index < -0.39 is 17.4 Å². The summed E-state index contributed by atoms with van der Waals surface area (Å²) in [5.41, 5.74) is 0.711. The Morgan fingerprint density at radius 1 is 1.20 bits per heavy atom. The second kappa shape index (κ2) is 5.93. The highest BCUT2D eigenvalue weighted by Crippen LogP contribution is 2.13. The lowest BCUT2D eigenvalue weighted by Crippen LogP contribution is -2.15. The summed E-state index contributed by atoms with van der Waals surface area (Å²) in [5, 5.41) is 11.5. The largest absolute Gasteiger partial charge is 0.378 e. The molecule has 0 spiro atoms. The number of carbonyl (C=O) groups excluding carboxylic acids is 1. The van der Waals surface area contributed by atoms with E-state index in [9.17, 15) is 13.6 Å². The quantitative estimate of drug-likeness (QED) is 0.870. The summed E-state index contributed by atoms with van der Waals surface area (Å²) in [7, 11) is 0. The molecule has 2 aromatic carbocycles. The van der Waals surface area contributed by atoms with Gasteiger partial charge in [-0.15, -0.1) is 0 Å². The van der Waals surface area contributed by atoms with Crippen LogP contribution in [0.3, 0.4) is 0 Å². The molecule has 0 radical (unpaired) electrons. The van der Waals surface area contributed by atoms with Crippen LogP contribution in [-0.4, -0.2) is 12.3 Å². The fraction of sp³-hybridized carbons (Fsp3) is 0.0667. The second-order valence-electron chi connectivity index (χ2n) is 4.09. The van der Waals surface area contributed by atoms with Gasteiger partial charge in [-0.25, -0.2) is 8.78 Å². The fourth-order valence-corrected chi connectivity index (χ4v) is 1.69. The number of halogens is 2. The molecule has 0 heterocycles. The first-order valence-electron chi connectivity index (χ1n) is 5.82. The molecule has 0 aromatic heterocycles. The van der Waals surface area contributed by atoms with Crippen molar-refractivity contribution in [3.05, 3.63) is 65.2 Å². The SMILES string of the molecule is N#Cc1cccc(NCC(=O)c2cc(F)ccc2F)c1. The molecule has 0 aliphatic rings. The maximum atomic E-state index is 13.4. The highest BCUT2D eigenvalue weighted by Gasteiger charge is 2.12. The average molecular weight is 272 g/mol. The van der Waals surface area contributed by atoms with Crippen molar-refractivity contribution in [2.75, 3.05) is 11.9 Å². The zero-order valence-corrected chi connectivity index (χ0v) is 10.4. The summed E-state index contributed by atoms with van der Waals surface area (Å²) in [6, 6.07) is 11.2. The highest BCUT2D eigenvalue weighted by atomic mass is 19.1. The Kier molecular flexibility index (Phi) is 4.06. The number of hydrogen-bond donors (Lipinski definition) is 1. The number of anilines is 1. The molecule has 0 unspecified atom stereocenters. The summed E-state index contributed by atoms with van der Waals surface area (Å²) in [6.45, 7) is -0.185. The standard InChI is InChI=1S/C15H10F2N2O/c16-11-4-5-14(17)13(7-11)15(20)9-19-12-3-1-2-10(6-12)8-18/h1-7,19H,9H2. The Labute approximate surface area is 114 Å². The van der Waals surface area contributed by atoms with Crippen LogP contribution in [0.25, 0.3) is 0 Å². The van der Waals surface area contributed by atoms with Gasteiger partial charge in [-0.05, 0) is 36.4 Å². The highest BCUT2D eigenvalue weighted by molar-refractivity contribution is 5.99. The first-order valence-corrected chi connectivity index (χ1v) is 5.82. The van der Waals surface area contributed by atoms with E-state index in [0.717, 1.165) is 18.2 Å². The maximum Gasteiger partial charge on any atom is 0.184 e. The molecule has 0 bridgehead atoms. The van der Waals surface area contributed by atoms with E-state index >= 15 is 0 Å². The lowest BCUT2D eigenvalue weighted by Gasteiger charge is -2.07. The smallest absolute Gasteiger partial charge is 0.184 e. The third kappa shape index (κ3) is 3.18. The first-order chi connectivity index (χ1) is 9.60. The van der Waals surface area contributed by atoms with Gasteiger partial charge < -0.3 is 5.32 Å². The molecule has 0 aliphatic carbocycles. The van der Waals surface area contributed by atoms with E-state index in [4.69, 9.17) is 5.26 Å². The van der Waals surface area contributed by atoms with Crippen molar-refractivity contribution < 1.29 is 13.6 Å². The van der Waals surface area contributed by atoms with Crippen LogP contribution in [0.2, 0.25) is 0 Å². The van der Waals surface area contributed by atoms with Gasteiger partial charge in [-0.3, -0.25) is 4.79 Å². The van der Waals surface area contributed by atoms with Crippen LogP contribution >= 0.6 is 0 Å². The van der Waals surface area contributed by atoms with Crippen LogP contribution < -0.4 is 5.32 Å². The predicted octanol–water partition coefficient (Wildman–Crippen LogP) is 3.13. The topological polar surface area (TPSA) is 52.9 Å². The minimum atomic E-state index is -0.760. The van der Waals surface area contributed by atoms with Gasteiger partial charge in [0.25, 0.3) is 0 Å². The number of nitrogens with one attached hydrogen (secondary N) is 1. The number of Topliss-reactive ketones (excluding diaryl/α,β-unsaturated/α-hetero) is 1. The van der Waals surface area contributed by atoms with E-state index in [2.05, 4.69) is 5.32 Å². The number of hydrogen-bond acceptors (Lipinski definition) is 3. The molecule has 2 aromatic rings. The molecule has 0 saturated carbocycles. The maximum absolute atomic E-state index is 13.4. The van der Waals surface area contributed by atoms with Gasteiger partial charge in [0.1, 0.15) is 11.6 Å². The summed E-state index contributed by atoms with van der Waals surface area (Å²) < 4.78 is 26.4. The van der Waals surface area contributed by atoms with Gasteiger partial charge in [0.05, 0.1) is 23.7 Å². The van der Waals surface area contributed by atoms with Crippen LogP contribution in [0.4, 0.5) is 14.5 Å². The first kappa shape index (κ1) is 13.7. The molecule has 5 heteroatoms. The monoisotopic (exact) mass is 272 g/mol. The van der Waals surface area contributed by atoms with Gasteiger partial charge in [0.15, 0.2) is 5.78 Å². The van der Waals surface area contributed by atoms with E-state index in [0.29, 0.717) is 11.3 Å². The van der Waals surface area contributed by atoms with Crippen LogP contribution in [0.1, 0.15) is 15.9 Å². The number of carbonyl (C=O) groups is 1. The van der Waals surface area contributed by atoms with Gasteiger partial charge in [-0.1, -0.05) is 6.07 Å². The zero-order chi connectivity index (χ0) is 14.5. The molecule has 0 atom stereocenters. The molecule has 0 aliphatic heterocycles. The lowest BCUT2D eigenvalue weighted by atomic mass is 10.1. The molecule has 2 rings (SSSR count). The second-order valence-corrected chi connectivity index (χ2v) is 4.09. The third-order valence-electron chi connectivity index (χ3n) is 2.67. The summed E-state index contributed by atoms with van der Waals surface area (Å²) in [5.74, 6) is -1.99. The van der Waals surface area contributed by atoms with E-state index in [1.54, 1.807) is 24.3 Å². The number of nitrogens with zero attached hydrogens (tertiary/aromatic N) is 1. The van der Waals surface area contributed by atoms with Crippen molar-refractivity contribution in [2.24, 2.45) is 0 Å². The Balaban J connectivity index is 2.09. The van der Waals surface area contributed by atoms with Crippen molar-refractivity contribution >= 4 is 11.5 Å². The van der Waals surface area contributed by atoms with Crippen molar-refractivity contribution in [3.8, 4) is 6.07 Å². The van der Waals surface area contributed by atoms with E-state index in [1.807, 2.05) is 6.07 Å². The zero-order valence-electron chi connectivity index (χ0n) is 10.4. The third-order valence-corrected chi connectivity index (χ3v) is 2.67. The number of benzene rings is 2. The normalized spacial score (nSPS) is 9.85. The van der Waals surface area contributed by atoms with Gasteiger partial charge in [-0.2, -0.15) is 5.26 Å². The molecule has 100 valence electrons. The van der Waals surface area contributed by atoms with Crippen molar-refractivity contribution in [3.63, 3.8) is 0 Å². The molecule has 0 amide bonds. The van der Waals surface area contributed by atoms with E-state index in [1.165, 1.54) is 0 Å². The number of rotatable bonds is 4. The lowest BCUT2D eigenvalue weighted by molar-refractivity contribution is 0.100. The summed E-state index contributed by atoms with van der Waals surface area (Å²) in [6.07, 6.45) is 0. The molecule has 0 fully saturated rings. The fourth-order valence-electron chi connectivity index (χ4n) is 1.69. The minimum Gasteiger partial charge on any atom is -0.378 e. The van der Waals surface area contributed by atoms with Crippen molar-refractivity contribution in [2.45, 2.75) is 0 Å². The van der Waals surface area contributed by atoms with Crippen LogP contribution in [0.15, 0.2) is 42.5 Å². The molecule has 20 heavy (non-hydrogen) atoms. The van der Waals surface area contributed by atoms with Crippen molar-refractivity contribution in [1.82, 2.24) is 0 Å². The van der Waals surface area contributed by atoms with Crippen LogP contribution in [0, 0.1) is 23.0 Å². The Morgan fingerprint density at radius 2 is 2.00 bits per heavy atom. The van der Waals surface area contributed by atoms with Crippen LogP contribution in [0.5, 0.6) is 0 Å². The van der Waals surface area contributed by atoms with Gasteiger partial charge in [0, 0.05) is 5.69 Å². The van der Waals surface area contributed by atoms with Crippen LogP contribution in [-0.2, 0) is 0 Å². The summed E-state index contributed by atoms with van der Waals surface area (Å²) in [4.78, 5) is 11.8. The molecule has 1 N–H and O–H groups in total. The average Bonchev–Trinajstić information content (AvgIpc) is 2.47. The van der Waals surface area contributed by atoms with Crippen molar-refractivity contribution in [1.29, 1.82) is 5.26 Å². The molecular weight excluding hydrogens is 262 g/mol. The predicted molar refractivity (Wildman–Crippen MR) is 70.3 cm³/mol. The number of nitriles is 1. The Hall–Kier alpha value is -2.74. The van der Waals surface area contributed by atoms with Gasteiger partial charge in [0.2, 0.25) is 0 Å². The molecule has 3 nitrogen and oxygen atoms in total. The number of ketones is 1. The van der Waals surface area contributed by atoms with E-state index in [-0.39, 0.29) is 12.1 Å². The summed E-state index contributed by atoms with van der Waals surface area (Å²) >= 11 is 0.